The van der Waals surface area contributed by atoms with Gasteiger partial charge >= 0.3 is 5.97 Å². The van der Waals surface area contributed by atoms with Gasteiger partial charge in [0.1, 0.15) is 11.5 Å². The van der Waals surface area contributed by atoms with Crippen LogP contribution in [0.4, 0.5) is 0 Å². The molecule has 1 heterocycles. The fourth-order valence-electron chi connectivity index (χ4n) is 1.38. The molecule has 1 aromatic heterocycles. The summed E-state index contributed by atoms with van der Waals surface area (Å²) < 4.78 is 5.24. The van der Waals surface area contributed by atoms with Crippen LogP contribution in [0.3, 0.4) is 0 Å². The lowest BCUT2D eigenvalue weighted by Crippen LogP contribution is -2.35. The fraction of sp³-hybridized carbons (Fsp3) is 0.455. The third kappa shape index (κ3) is 4.16. The quantitative estimate of drug-likeness (QED) is 0.786. The van der Waals surface area contributed by atoms with Gasteiger partial charge in [-0.3, -0.25) is 9.59 Å². The summed E-state index contributed by atoms with van der Waals surface area (Å²) in [7, 11) is 0. The van der Waals surface area contributed by atoms with E-state index in [-0.39, 0.29) is 24.8 Å². The van der Waals surface area contributed by atoms with Gasteiger partial charge in [-0.1, -0.05) is 0 Å². The van der Waals surface area contributed by atoms with Crippen molar-refractivity contribution in [2.45, 2.75) is 32.7 Å². The summed E-state index contributed by atoms with van der Waals surface area (Å²) in [6.45, 7) is 3.45. The van der Waals surface area contributed by atoms with Gasteiger partial charge in [-0.15, -0.1) is 0 Å². The fourth-order valence-corrected chi connectivity index (χ4v) is 1.38. The number of carbonyl (C=O) groups is 2. The Morgan fingerprint density at radius 3 is 2.69 bits per heavy atom. The highest BCUT2D eigenvalue weighted by Crippen LogP contribution is 2.06. The third-order valence-electron chi connectivity index (χ3n) is 2.02. The van der Waals surface area contributed by atoms with E-state index >= 15 is 0 Å². The van der Waals surface area contributed by atoms with E-state index < -0.39 is 5.97 Å². The number of hydrogen-bond acceptors (Lipinski definition) is 3. The van der Waals surface area contributed by atoms with Crippen molar-refractivity contribution in [2.24, 2.45) is 0 Å². The standard InChI is InChI=1S/C11H15NO4/c1-7(5-11(14)15)12-10(13)6-9-4-3-8(2)16-9/h3-4,7H,5-6H2,1-2H3,(H,12,13)(H,14,15). The molecule has 0 spiro atoms. The van der Waals surface area contributed by atoms with Crippen molar-refractivity contribution < 1.29 is 19.1 Å². The molecule has 0 aliphatic carbocycles. The van der Waals surface area contributed by atoms with Crippen molar-refractivity contribution in [3.8, 4) is 0 Å². The largest absolute Gasteiger partial charge is 0.481 e. The molecule has 16 heavy (non-hydrogen) atoms. The van der Waals surface area contributed by atoms with Gasteiger partial charge in [0, 0.05) is 6.04 Å². The van der Waals surface area contributed by atoms with E-state index in [4.69, 9.17) is 9.52 Å². The molecule has 0 radical (unpaired) electrons. The maximum Gasteiger partial charge on any atom is 0.305 e. The number of furan rings is 1. The SMILES string of the molecule is Cc1ccc(CC(=O)NC(C)CC(=O)O)o1. The lowest BCUT2D eigenvalue weighted by atomic mass is 10.2. The van der Waals surface area contributed by atoms with Gasteiger partial charge in [0.05, 0.1) is 12.8 Å². The zero-order valence-corrected chi connectivity index (χ0v) is 9.32. The van der Waals surface area contributed by atoms with Gasteiger partial charge in [0.25, 0.3) is 0 Å². The summed E-state index contributed by atoms with van der Waals surface area (Å²) in [6, 6.07) is 3.14. The Bertz CT molecular complexity index is 383. The molecule has 5 heteroatoms. The van der Waals surface area contributed by atoms with E-state index in [2.05, 4.69) is 5.32 Å². The molecule has 1 amide bonds. The summed E-state index contributed by atoms with van der Waals surface area (Å²) in [5, 5.41) is 11.1. The Morgan fingerprint density at radius 1 is 1.50 bits per heavy atom. The van der Waals surface area contributed by atoms with Crippen LogP contribution in [0.1, 0.15) is 24.9 Å². The van der Waals surface area contributed by atoms with Gasteiger partial charge in [0.2, 0.25) is 5.91 Å². The van der Waals surface area contributed by atoms with Gasteiger partial charge < -0.3 is 14.8 Å². The van der Waals surface area contributed by atoms with Gasteiger partial charge in [0.15, 0.2) is 0 Å². The maximum atomic E-state index is 11.4. The minimum absolute atomic E-state index is 0.0804. The highest BCUT2D eigenvalue weighted by atomic mass is 16.4. The first kappa shape index (κ1) is 12.3. The first-order chi connectivity index (χ1) is 7.47. The number of carboxylic acids is 1. The molecule has 1 unspecified atom stereocenters. The van der Waals surface area contributed by atoms with Crippen LogP contribution in [0, 0.1) is 6.92 Å². The van der Waals surface area contributed by atoms with E-state index in [0.717, 1.165) is 5.76 Å². The molecule has 0 aliphatic heterocycles. The molecule has 1 aromatic rings. The second-order valence-corrected chi connectivity index (χ2v) is 3.76. The third-order valence-corrected chi connectivity index (χ3v) is 2.02. The summed E-state index contributed by atoms with van der Waals surface area (Å²) in [5.74, 6) is 0.170. The second-order valence-electron chi connectivity index (χ2n) is 3.76. The Hall–Kier alpha value is -1.78. The van der Waals surface area contributed by atoms with Gasteiger partial charge in [-0.25, -0.2) is 0 Å². The normalized spacial score (nSPS) is 12.1. The highest BCUT2D eigenvalue weighted by molar-refractivity contribution is 5.79. The molecule has 5 nitrogen and oxygen atoms in total. The van der Waals surface area contributed by atoms with Crippen molar-refractivity contribution in [3.63, 3.8) is 0 Å². The van der Waals surface area contributed by atoms with Crippen LogP contribution in [0.25, 0.3) is 0 Å². The number of aliphatic carboxylic acids is 1. The van der Waals surface area contributed by atoms with Crippen molar-refractivity contribution in [3.05, 3.63) is 23.7 Å². The zero-order valence-electron chi connectivity index (χ0n) is 9.32. The predicted octanol–water partition coefficient (Wildman–Crippen LogP) is 1.11. The van der Waals surface area contributed by atoms with Crippen molar-refractivity contribution in [2.75, 3.05) is 0 Å². The molecule has 88 valence electrons. The topological polar surface area (TPSA) is 79.5 Å². The predicted molar refractivity (Wildman–Crippen MR) is 57.0 cm³/mol. The highest BCUT2D eigenvalue weighted by Gasteiger charge is 2.12. The van der Waals surface area contributed by atoms with Crippen LogP contribution in [-0.2, 0) is 16.0 Å². The van der Waals surface area contributed by atoms with Crippen LogP contribution in [-0.4, -0.2) is 23.0 Å². The van der Waals surface area contributed by atoms with Crippen LogP contribution in [0.5, 0.6) is 0 Å². The van der Waals surface area contributed by atoms with E-state index in [1.54, 1.807) is 26.0 Å². The zero-order chi connectivity index (χ0) is 12.1. The Morgan fingerprint density at radius 2 is 2.19 bits per heavy atom. The maximum absolute atomic E-state index is 11.4. The first-order valence-corrected chi connectivity index (χ1v) is 5.04. The van der Waals surface area contributed by atoms with Crippen molar-refractivity contribution in [1.29, 1.82) is 0 Å². The Kier molecular flexibility index (Phi) is 4.10. The number of nitrogens with one attached hydrogen (secondary N) is 1. The summed E-state index contributed by atoms with van der Waals surface area (Å²) >= 11 is 0. The molecule has 1 atom stereocenters. The molecule has 1 rings (SSSR count). The number of carbonyl (C=O) groups excluding carboxylic acids is 1. The minimum atomic E-state index is -0.929. The Labute approximate surface area is 93.4 Å². The molecule has 0 bridgehead atoms. The number of carboxylic acid groups (broad SMARTS) is 1. The monoisotopic (exact) mass is 225 g/mol. The molecule has 0 saturated carbocycles. The molecule has 0 saturated heterocycles. The second kappa shape index (κ2) is 5.34. The molecule has 2 N–H and O–H groups in total. The lowest BCUT2D eigenvalue weighted by molar-refractivity contribution is -0.137. The molecular weight excluding hydrogens is 210 g/mol. The number of hydrogen-bond donors (Lipinski definition) is 2. The number of aryl methyl sites for hydroxylation is 1. The average molecular weight is 225 g/mol. The molecular formula is C11H15NO4. The van der Waals surface area contributed by atoms with Gasteiger partial charge in [-0.05, 0) is 26.0 Å². The smallest absolute Gasteiger partial charge is 0.305 e. The Balaban J connectivity index is 2.38. The summed E-state index contributed by atoms with van der Waals surface area (Å²) in [4.78, 5) is 21.8. The summed E-state index contributed by atoms with van der Waals surface area (Å²) in [5.41, 5.74) is 0. The molecule has 0 aliphatic rings. The number of rotatable bonds is 5. The van der Waals surface area contributed by atoms with E-state index in [1.807, 2.05) is 0 Å². The van der Waals surface area contributed by atoms with E-state index in [9.17, 15) is 9.59 Å². The first-order valence-electron chi connectivity index (χ1n) is 5.04. The molecule has 0 fully saturated rings. The van der Waals surface area contributed by atoms with E-state index in [1.165, 1.54) is 0 Å². The van der Waals surface area contributed by atoms with Crippen molar-refractivity contribution >= 4 is 11.9 Å². The minimum Gasteiger partial charge on any atom is -0.481 e. The summed E-state index contributed by atoms with van der Waals surface area (Å²) in [6.07, 6.45) is 0.0563. The number of amides is 1. The molecule has 0 aromatic carbocycles. The average Bonchev–Trinajstić information content (AvgIpc) is 2.48. The van der Waals surface area contributed by atoms with Crippen molar-refractivity contribution in [1.82, 2.24) is 5.32 Å². The lowest BCUT2D eigenvalue weighted by Gasteiger charge is -2.10. The van der Waals surface area contributed by atoms with Crippen LogP contribution < -0.4 is 5.32 Å². The van der Waals surface area contributed by atoms with Crippen LogP contribution >= 0.6 is 0 Å². The van der Waals surface area contributed by atoms with Gasteiger partial charge in [-0.2, -0.15) is 0 Å². The van der Waals surface area contributed by atoms with Crippen LogP contribution in [0.2, 0.25) is 0 Å². The van der Waals surface area contributed by atoms with E-state index in [0.29, 0.717) is 5.76 Å². The van der Waals surface area contributed by atoms with Crippen LogP contribution in [0.15, 0.2) is 16.5 Å².